The number of rotatable bonds is 9. The molecular weight excluding hydrogens is 246 g/mol. The van der Waals surface area contributed by atoms with Crippen LogP contribution in [0.5, 0.6) is 0 Å². The van der Waals surface area contributed by atoms with Crippen molar-refractivity contribution in [1.82, 2.24) is 5.32 Å². The van der Waals surface area contributed by atoms with Gasteiger partial charge in [-0.1, -0.05) is 27.7 Å². The van der Waals surface area contributed by atoms with Gasteiger partial charge in [-0.05, 0) is 74.8 Å². The predicted octanol–water partition coefficient (Wildman–Crippen LogP) is 4.39. The minimum atomic E-state index is 0.431. The lowest BCUT2D eigenvalue weighted by molar-refractivity contribution is -0.0475. The minimum absolute atomic E-state index is 0.431. The van der Waals surface area contributed by atoms with Crippen LogP contribution in [0.15, 0.2) is 0 Å². The highest BCUT2D eigenvalue weighted by atomic mass is 16.5. The third-order valence-corrected chi connectivity index (χ3v) is 6.46. The molecule has 0 aromatic heterocycles. The third kappa shape index (κ3) is 3.06. The normalized spacial score (nSPS) is 34.8. The van der Waals surface area contributed by atoms with Crippen molar-refractivity contribution >= 4 is 0 Å². The summed E-state index contributed by atoms with van der Waals surface area (Å²) in [7, 11) is 0. The zero-order chi connectivity index (χ0) is 14.6. The molecule has 0 aliphatic heterocycles. The van der Waals surface area contributed by atoms with Crippen molar-refractivity contribution in [3.8, 4) is 0 Å². The molecule has 20 heavy (non-hydrogen) atoms. The summed E-state index contributed by atoms with van der Waals surface area (Å²) in [5.74, 6) is 0.899. The summed E-state index contributed by atoms with van der Waals surface area (Å²) in [5.41, 5.74) is 0.919. The Balaban J connectivity index is 1.59. The zero-order valence-corrected chi connectivity index (χ0v) is 14.1. The van der Waals surface area contributed by atoms with Gasteiger partial charge in [0, 0.05) is 6.61 Å². The van der Waals surface area contributed by atoms with Gasteiger partial charge in [0.1, 0.15) is 0 Å². The van der Waals surface area contributed by atoms with Gasteiger partial charge in [-0.15, -0.1) is 0 Å². The number of hydrogen-bond donors (Lipinski definition) is 1. The van der Waals surface area contributed by atoms with Crippen LogP contribution in [0.25, 0.3) is 0 Å². The van der Waals surface area contributed by atoms with E-state index >= 15 is 0 Å². The Morgan fingerprint density at radius 1 is 1.10 bits per heavy atom. The molecule has 0 radical (unpaired) electrons. The molecule has 2 aliphatic rings. The molecule has 2 saturated carbocycles. The van der Waals surface area contributed by atoms with Gasteiger partial charge >= 0.3 is 0 Å². The molecule has 0 amide bonds. The summed E-state index contributed by atoms with van der Waals surface area (Å²) in [4.78, 5) is 0. The fourth-order valence-corrected chi connectivity index (χ4v) is 4.44. The maximum atomic E-state index is 6.28. The first-order chi connectivity index (χ1) is 9.52. The molecule has 3 unspecified atom stereocenters. The van der Waals surface area contributed by atoms with E-state index in [2.05, 4.69) is 33.0 Å². The average molecular weight is 281 g/mol. The van der Waals surface area contributed by atoms with Gasteiger partial charge in [0.05, 0.1) is 6.10 Å². The SMILES string of the molecule is CCCNCCCCCOC1CC2CCC1(C)C2(C)C. The topological polar surface area (TPSA) is 21.3 Å². The lowest BCUT2D eigenvalue weighted by Crippen LogP contribution is -2.37. The van der Waals surface area contributed by atoms with Crippen molar-refractivity contribution in [3.63, 3.8) is 0 Å². The molecule has 2 nitrogen and oxygen atoms in total. The van der Waals surface area contributed by atoms with Crippen LogP contribution < -0.4 is 5.32 Å². The van der Waals surface area contributed by atoms with E-state index < -0.39 is 0 Å². The molecule has 0 aromatic carbocycles. The maximum Gasteiger partial charge on any atom is 0.0636 e. The standard InChI is InChI=1S/C18H35NO/c1-5-11-19-12-7-6-8-13-20-16-14-15-9-10-18(16,4)17(15,2)3/h15-16,19H,5-14H2,1-4H3. The van der Waals surface area contributed by atoms with Crippen LogP contribution in [0.1, 0.15) is 72.6 Å². The van der Waals surface area contributed by atoms with Crippen LogP contribution in [0, 0.1) is 16.7 Å². The predicted molar refractivity (Wildman–Crippen MR) is 86.0 cm³/mol. The molecule has 0 aromatic rings. The highest BCUT2D eigenvalue weighted by molar-refractivity contribution is 5.11. The molecule has 2 fully saturated rings. The second-order valence-electron chi connectivity index (χ2n) is 7.78. The van der Waals surface area contributed by atoms with Crippen LogP contribution >= 0.6 is 0 Å². The van der Waals surface area contributed by atoms with Crippen LogP contribution in [0.4, 0.5) is 0 Å². The molecule has 0 spiro atoms. The first-order valence-corrected chi connectivity index (χ1v) is 8.84. The Kier molecular flexibility index (Phi) is 5.53. The molecule has 0 saturated heterocycles. The second-order valence-corrected chi connectivity index (χ2v) is 7.78. The summed E-state index contributed by atoms with van der Waals surface area (Å²) in [6, 6.07) is 0. The van der Waals surface area contributed by atoms with Crippen molar-refractivity contribution in [2.75, 3.05) is 19.7 Å². The van der Waals surface area contributed by atoms with E-state index in [0.717, 1.165) is 19.1 Å². The Morgan fingerprint density at radius 2 is 1.90 bits per heavy atom. The van der Waals surface area contributed by atoms with E-state index in [1.165, 1.54) is 51.5 Å². The molecule has 118 valence electrons. The van der Waals surface area contributed by atoms with Crippen LogP contribution in [0.2, 0.25) is 0 Å². The summed E-state index contributed by atoms with van der Waals surface area (Å²) in [5, 5.41) is 3.47. The van der Waals surface area contributed by atoms with Gasteiger partial charge in [-0.25, -0.2) is 0 Å². The summed E-state index contributed by atoms with van der Waals surface area (Å²) in [6.45, 7) is 12.9. The molecule has 2 rings (SSSR count). The van der Waals surface area contributed by atoms with E-state index in [4.69, 9.17) is 4.74 Å². The van der Waals surface area contributed by atoms with Gasteiger partial charge < -0.3 is 10.1 Å². The smallest absolute Gasteiger partial charge is 0.0636 e. The van der Waals surface area contributed by atoms with E-state index in [0.29, 0.717) is 16.9 Å². The number of unbranched alkanes of at least 4 members (excludes halogenated alkanes) is 2. The maximum absolute atomic E-state index is 6.28. The zero-order valence-electron chi connectivity index (χ0n) is 14.1. The van der Waals surface area contributed by atoms with E-state index in [1.54, 1.807) is 0 Å². The van der Waals surface area contributed by atoms with Crippen molar-refractivity contribution in [2.45, 2.75) is 78.7 Å². The minimum Gasteiger partial charge on any atom is -0.378 e. The van der Waals surface area contributed by atoms with Gasteiger partial charge in [0.25, 0.3) is 0 Å². The molecule has 0 heterocycles. The summed E-state index contributed by atoms with van der Waals surface area (Å²) >= 11 is 0. The highest BCUT2D eigenvalue weighted by Crippen LogP contribution is 2.66. The lowest BCUT2D eigenvalue weighted by atomic mass is 9.70. The number of hydrogen-bond acceptors (Lipinski definition) is 2. The van der Waals surface area contributed by atoms with Crippen molar-refractivity contribution in [1.29, 1.82) is 0 Å². The molecule has 3 atom stereocenters. The first kappa shape index (κ1) is 16.3. The molecule has 1 N–H and O–H groups in total. The van der Waals surface area contributed by atoms with Crippen LogP contribution in [-0.2, 0) is 4.74 Å². The van der Waals surface area contributed by atoms with Gasteiger partial charge in [-0.2, -0.15) is 0 Å². The summed E-state index contributed by atoms with van der Waals surface area (Å²) in [6.07, 6.45) is 9.68. The van der Waals surface area contributed by atoms with Crippen molar-refractivity contribution in [3.05, 3.63) is 0 Å². The van der Waals surface area contributed by atoms with Gasteiger partial charge in [0.15, 0.2) is 0 Å². The van der Waals surface area contributed by atoms with Gasteiger partial charge in [-0.3, -0.25) is 0 Å². The van der Waals surface area contributed by atoms with Crippen molar-refractivity contribution in [2.24, 2.45) is 16.7 Å². The molecule has 2 aliphatic carbocycles. The van der Waals surface area contributed by atoms with Crippen LogP contribution in [0.3, 0.4) is 0 Å². The Morgan fingerprint density at radius 3 is 2.50 bits per heavy atom. The van der Waals surface area contributed by atoms with Gasteiger partial charge in [0.2, 0.25) is 0 Å². The largest absolute Gasteiger partial charge is 0.378 e. The Hall–Kier alpha value is -0.0800. The monoisotopic (exact) mass is 281 g/mol. The quantitative estimate of drug-likeness (QED) is 0.633. The number of fused-ring (bicyclic) bond motifs is 2. The highest BCUT2D eigenvalue weighted by Gasteiger charge is 2.61. The van der Waals surface area contributed by atoms with E-state index in [9.17, 15) is 0 Å². The first-order valence-electron chi connectivity index (χ1n) is 8.84. The third-order valence-electron chi connectivity index (χ3n) is 6.46. The molecular formula is C18H35NO. The number of ether oxygens (including phenoxy) is 1. The average Bonchev–Trinajstić information content (AvgIpc) is 2.75. The number of nitrogens with one attached hydrogen (secondary N) is 1. The Bertz CT molecular complexity index is 302. The van der Waals surface area contributed by atoms with E-state index in [1.807, 2.05) is 0 Å². The molecule has 2 bridgehead atoms. The Labute approximate surface area is 126 Å². The van der Waals surface area contributed by atoms with Crippen molar-refractivity contribution < 1.29 is 4.74 Å². The lowest BCUT2D eigenvalue weighted by Gasteiger charge is -2.39. The fourth-order valence-electron chi connectivity index (χ4n) is 4.44. The second kappa shape index (κ2) is 6.79. The van der Waals surface area contributed by atoms with Crippen LogP contribution in [-0.4, -0.2) is 25.8 Å². The van der Waals surface area contributed by atoms with E-state index in [-0.39, 0.29) is 0 Å². The summed E-state index contributed by atoms with van der Waals surface area (Å²) < 4.78 is 6.28. The molecule has 2 heteroatoms. The fraction of sp³-hybridized carbons (Fsp3) is 1.00.